The number of rotatable bonds is 6. The highest BCUT2D eigenvalue weighted by atomic mass is 16.5. The van der Waals surface area contributed by atoms with Crippen LogP contribution in [0.2, 0.25) is 0 Å². The van der Waals surface area contributed by atoms with Gasteiger partial charge in [0.1, 0.15) is 5.56 Å². The maximum atomic E-state index is 12.3. The zero-order chi connectivity index (χ0) is 18.4. The number of hydrogen-bond donors (Lipinski definition) is 0. The number of esters is 1. The van der Waals surface area contributed by atoms with Gasteiger partial charge >= 0.3 is 5.97 Å². The molecule has 1 aliphatic rings. The third-order valence-corrected chi connectivity index (χ3v) is 3.80. The summed E-state index contributed by atoms with van der Waals surface area (Å²) in [5, 5.41) is 5.66. The van der Waals surface area contributed by atoms with Crippen molar-refractivity contribution in [1.29, 1.82) is 0 Å². The normalized spacial score (nSPS) is 13.3. The van der Waals surface area contributed by atoms with Crippen molar-refractivity contribution < 1.29 is 19.1 Å². The van der Waals surface area contributed by atoms with E-state index < -0.39 is 5.97 Å². The van der Waals surface area contributed by atoms with Crippen LogP contribution in [0.1, 0.15) is 29.3 Å². The molecule has 1 aromatic heterocycles. The Morgan fingerprint density at radius 3 is 2.73 bits per heavy atom. The Kier molecular flexibility index (Phi) is 5.58. The molecule has 1 aliphatic heterocycles. The monoisotopic (exact) mass is 353 g/mol. The van der Waals surface area contributed by atoms with E-state index in [0.29, 0.717) is 19.6 Å². The fourth-order valence-corrected chi connectivity index (χ4v) is 2.55. The van der Waals surface area contributed by atoms with Crippen LogP contribution in [-0.4, -0.2) is 47.3 Å². The first-order chi connectivity index (χ1) is 12.7. The van der Waals surface area contributed by atoms with Crippen molar-refractivity contribution in [3.8, 4) is 5.88 Å². The van der Waals surface area contributed by atoms with E-state index in [1.807, 2.05) is 30.3 Å². The number of hydrogen-bond acceptors (Lipinski definition) is 6. The van der Waals surface area contributed by atoms with Gasteiger partial charge in [0.2, 0.25) is 5.88 Å². The number of hydrazone groups is 1. The van der Waals surface area contributed by atoms with Crippen LogP contribution in [0.3, 0.4) is 0 Å². The maximum absolute atomic E-state index is 12.3. The minimum absolute atomic E-state index is 0.192. The van der Waals surface area contributed by atoms with E-state index in [1.165, 1.54) is 11.2 Å². The van der Waals surface area contributed by atoms with Crippen LogP contribution in [0.4, 0.5) is 0 Å². The zero-order valence-corrected chi connectivity index (χ0v) is 14.4. The largest absolute Gasteiger partial charge is 0.477 e. The molecule has 7 nitrogen and oxygen atoms in total. The van der Waals surface area contributed by atoms with Crippen LogP contribution in [0, 0.1) is 0 Å². The highest BCUT2D eigenvalue weighted by Crippen LogP contribution is 2.16. The van der Waals surface area contributed by atoms with Crippen molar-refractivity contribution in [2.24, 2.45) is 5.10 Å². The van der Waals surface area contributed by atoms with Crippen LogP contribution >= 0.6 is 0 Å². The van der Waals surface area contributed by atoms with Gasteiger partial charge in [-0.25, -0.2) is 14.8 Å². The van der Waals surface area contributed by atoms with E-state index in [1.54, 1.807) is 19.1 Å². The summed E-state index contributed by atoms with van der Waals surface area (Å²) >= 11 is 0. The fourth-order valence-electron chi connectivity index (χ4n) is 2.55. The SMILES string of the molecule is CCOc1ncccc1C(=O)OCC(=O)N1CCC(c2ccccc2)=N1. The number of benzene rings is 1. The second-order valence-corrected chi connectivity index (χ2v) is 5.54. The average molecular weight is 353 g/mol. The van der Waals surface area contributed by atoms with E-state index in [-0.39, 0.29) is 24.0 Å². The molecule has 0 atom stereocenters. The molecule has 0 saturated carbocycles. The third kappa shape index (κ3) is 4.05. The Morgan fingerprint density at radius 2 is 1.96 bits per heavy atom. The first-order valence-corrected chi connectivity index (χ1v) is 8.37. The number of pyridine rings is 1. The lowest BCUT2D eigenvalue weighted by Crippen LogP contribution is -2.29. The highest BCUT2D eigenvalue weighted by molar-refractivity contribution is 6.02. The molecule has 0 unspecified atom stereocenters. The lowest BCUT2D eigenvalue weighted by atomic mass is 10.1. The van der Waals surface area contributed by atoms with Gasteiger partial charge in [-0.05, 0) is 24.6 Å². The van der Waals surface area contributed by atoms with Crippen LogP contribution in [0.5, 0.6) is 5.88 Å². The van der Waals surface area contributed by atoms with Gasteiger partial charge in [-0.1, -0.05) is 30.3 Å². The summed E-state index contributed by atoms with van der Waals surface area (Å²) in [4.78, 5) is 28.5. The Labute approximate surface area is 151 Å². The molecule has 26 heavy (non-hydrogen) atoms. The molecule has 134 valence electrons. The number of nitrogens with zero attached hydrogens (tertiary/aromatic N) is 3. The van der Waals surface area contributed by atoms with Crippen molar-refractivity contribution in [2.75, 3.05) is 19.8 Å². The average Bonchev–Trinajstić information content (AvgIpc) is 3.17. The first kappa shape index (κ1) is 17.6. The Balaban J connectivity index is 1.59. The summed E-state index contributed by atoms with van der Waals surface area (Å²) in [6.45, 7) is 2.26. The molecule has 1 aromatic carbocycles. The molecule has 0 saturated heterocycles. The Morgan fingerprint density at radius 1 is 1.15 bits per heavy atom. The standard InChI is InChI=1S/C19H19N3O4/c1-2-25-18-15(9-6-11-20-18)19(24)26-13-17(23)22-12-10-16(21-22)14-7-4-3-5-8-14/h3-9,11H,2,10,12-13H2,1H3. The Hall–Kier alpha value is -3.22. The van der Waals surface area contributed by atoms with Gasteiger partial charge in [-0.3, -0.25) is 4.79 Å². The van der Waals surface area contributed by atoms with Crippen molar-refractivity contribution in [3.63, 3.8) is 0 Å². The summed E-state index contributed by atoms with van der Waals surface area (Å²) < 4.78 is 10.4. The van der Waals surface area contributed by atoms with E-state index in [4.69, 9.17) is 9.47 Å². The molecule has 0 radical (unpaired) electrons. The molecular weight excluding hydrogens is 334 g/mol. The number of amides is 1. The summed E-state index contributed by atoms with van der Waals surface area (Å²) in [6, 6.07) is 12.8. The van der Waals surface area contributed by atoms with Crippen molar-refractivity contribution in [3.05, 3.63) is 59.8 Å². The van der Waals surface area contributed by atoms with Crippen LogP contribution in [0.15, 0.2) is 53.8 Å². The van der Waals surface area contributed by atoms with Crippen LogP contribution < -0.4 is 4.74 Å². The molecule has 1 amide bonds. The molecule has 3 rings (SSSR count). The molecule has 0 spiro atoms. The summed E-state index contributed by atoms with van der Waals surface area (Å²) in [7, 11) is 0. The summed E-state index contributed by atoms with van der Waals surface area (Å²) in [5.41, 5.74) is 2.02. The Bertz CT molecular complexity index is 821. The number of carbonyl (C=O) groups is 2. The maximum Gasteiger partial charge on any atom is 0.344 e. The van der Waals surface area contributed by atoms with Gasteiger partial charge in [0, 0.05) is 12.6 Å². The quantitative estimate of drug-likeness (QED) is 0.744. The van der Waals surface area contributed by atoms with Gasteiger partial charge in [0.05, 0.1) is 18.9 Å². The van der Waals surface area contributed by atoms with Gasteiger partial charge in [-0.2, -0.15) is 5.10 Å². The third-order valence-electron chi connectivity index (χ3n) is 3.80. The fraction of sp³-hybridized carbons (Fsp3) is 0.263. The van der Waals surface area contributed by atoms with E-state index >= 15 is 0 Å². The predicted molar refractivity (Wildman–Crippen MR) is 95.0 cm³/mol. The van der Waals surface area contributed by atoms with Gasteiger partial charge in [0.15, 0.2) is 6.61 Å². The van der Waals surface area contributed by atoms with Crippen molar-refractivity contribution in [1.82, 2.24) is 9.99 Å². The molecule has 7 heteroatoms. The lowest BCUT2D eigenvalue weighted by Gasteiger charge is -2.12. The number of carbonyl (C=O) groups excluding carboxylic acids is 2. The number of ether oxygens (including phenoxy) is 2. The molecule has 0 N–H and O–H groups in total. The highest BCUT2D eigenvalue weighted by Gasteiger charge is 2.23. The molecule has 0 fully saturated rings. The van der Waals surface area contributed by atoms with Gasteiger partial charge in [-0.15, -0.1) is 0 Å². The zero-order valence-electron chi connectivity index (χ0n) is 14.4. The molecule has 0 aliphatic carbocycles. The summed E-state index contributed by atoms with van der Waals surface area (Å²) in [5.74, 6) is -0.828. The van der Waals surface area contributed by atoms with Gasteiger partial charge < -0.3 is 9.47 Å². The summed E-state index contributed by atoms with van der Waals surface area (Å²) in [6.07, 6.45) is 2.19. The minimum Gasteiger partial charge on any atom is -0.477 e. The molecule has 2 aromatic rings. The second kappa shape index (κ2) is 8.24. The van der Waals surface area contributed by atoms with Crippen LogP contribution in [-0.2, 0) is 9.53 Å². The molecular formula is C19H19N3O4. The topological polar surface area (TPSA) is 81.1 Å². The van der Waals surface area contributed by atoms with Gasteiger partial charge in [0.25, 0.3) is 5.91 Å². The molecule has 2 heterocycles. The van der Waals surface area contributed by atoms with Crippen molar-refractivity contribution >= 4 is 17.6 Å². The molecule has 0 bridgehead atoms. The predicted octanol–water partition coefficient (Wildman–Crippen LogP) is 2.27. The minimum atomic E-state index is -0.652. The smallest absolute Gasteiger partial charge is 0.344 e. The van der Waals surface area contributed by atoms with E-state index in [9.17, 15) is 9.59 Å². The van der Waals surface area contributed by atoms with Crippen LogP contribution in [0.25, 0.3) is 0 Å². The van der Waals surface area contributed by atoms with E-state index in [0.717, 1.165) is 11.3 Å². The first-order valence-electron chi connectivity index (χ1n) is 8.37. The number of aromatic nitrogens is 1. The lowest BCUT2D eigenvalue weighted by molar-refractivity contribution is -0.134. The second-order valence-electron chi connectivity index (χ2n) is 5.54. The van der Waals surface area contributed by atoms with Crippen molar-refractivity contribution in [2.45, 2.75) is 13.3 Å². The van der Waals surface area contributed by atoms with E-state index in [2.05, 4.69) is 10.1 Å².